The highest BCUT2D eigenvalue weighted by Gasteiger charge is 2.59. The average molecular weight is 466 g/mol. The van der Waals surface area contributed by atoms with E-state index in [1.54, 1.807) is 27.7 Å². The topological polar surface area (TPSA) is 138 Å². The fraction of sp³-hybridized carbons (Fsp3) is 0.706. The van der Waals surface area contributed by atoms with Gasteiger partial charge < -0.3 is 9.47 Å². The summed E-state index contributed by atoms with van der Waals surface area (Å²) in [6, 6.07) is 0.653. The summed E-state index contributed by atoms with van der Waals surface area (Å²) in [5.41, 5.74) is -1.25. The van der Waals surface area contributed by atoms with Crippen LogP contribution in [0.2, 0.25) is 0 Å². The molecule has 2 aliphatic rings. The Labute approximate surface area is 177 Å². The van der Waals surface area contributed by atoms with E-state index in [-0.39, 0.29) is 25.1 Å². The monoisotopic (exact) mass is 465 g/mol. The molecule has 3 heterocycles. The number of aromatic amines is 1. The molecule has 3 rings (SSSR count). The van der Waals surface area contributed by atoms with Gasteiger partial charge in [-0.15, -0.1) is 11.6 Å². The number of fused-ring (bicyclic) bond motifs is 1. The Morgan fingerprint density at radius 3 is 2.80 bits per heavy atom. The Morgan fingerprint density at radius 1 is 1.47 bits per heavy atom. The van der Waals surface area contributed by atoms with Gasteiger partial charge in [0.05, 0.1) is 12.5 Å². The van der Waals surface area contributed by atoms with Gasteiger partial charge in [-0.1, -0.05) is 13.8 Å². The zero-order valence-corrected chi connectivity index (χ0v) is 18.6. The van der Waals surface area contributed by atoms with Crippen molar-refractivity contribution < 1.29 is 27.9 Å². The molecule has 30 heavy (non-hydrogen) atoms. The smallest absolute Gasteiger partial charge is 0.406 e. The van der Waals surface area contributed by atoms with Crippen LogP contribution in [-0.2, 0) is 27.9 Å². The van der Waals surface area contributed by atoms with E-state index in [1.165, 1.54) is 12.3 Å². The largest absolute Gasteiger partial charge is 0.464 e. The van der Waals surface area contributed by atoms with Crippen molar-refractivity contribution in [3.8, 4) is 0 Å². The normalized spacial score (nSPS) is 34.5. The van der Waals surface area contributed by atoms with Crippen molar-refractivity contribution in [2.24, 2.45) is 5.92 Å². The number of nitrogens with one attached hydrogen (secondary N) is 2. The lowest BCUT2D eigenvalue weighted by Gasteiger charge is -2.36. The first kappa shape index (κ1) is 23.2. The quantitative estimate of drug-likeness (QED) is 0.359. The molecule has 0 aromatic carbocycles. The lowest BCUT2D eigenvalue weighted by Crippen LogP contribution is -2.47. The second kappa shape index (κ2) is 8.57. The number of H-pyrrole nitrogens is 1. The number of hydrogen-bond donors (Lipinski definition) is 2. The SMILES string of the molecule is CC(C)C(=O)OC[C@H](C)N[P@@]1(=O)OC[C@H]2O[C@@H](n3ccc(=O)[nH]c3=O)[C@](C)(Cl)[C@@H]2O1. The molecule has 2 aliphatic heterocycles. The first-order valence-electron chi connectivity index (χ1n) is 9.46. The molecule has 0 spiro atoms. The fourth-order valence-electron chi connectivity index (χ4n) is 3.22. The number of rotatable bonds is 6. The number of carbonyl (C=O) groups is 1. The molecule has 13 heteroatoms. The molecule has 0 aliphatic carbocycles. The second-order valence-corrected chi connectivity index (χ2v) is 10.4. The number of ether oxygens (including phenoxy) is 2. The van der Waals surface area contributed by atoms with E-state index in [9.17, 15) is 18.9 Å². The zero-order chi connectivity index (χ0) is 22.3. The number of esters is 1. The van der Waals surface area contributed by atoms with E-state index in [2.05, 4.69) is 10.1 Å². The van der Waals surface area contributed by atoms with Crippen LogP contribution < -0.4 is 16.3 Å². The number of aromatic nitrogens is 2. The van der Waals surface area contributed by atoms with Gasteiger partial charge in [-0.2, -0.15) is 0 Å². The maximum Gasteiger partial charge on any atom is 0.406 e. The molecule has 168 valence electrons. The van der Waals surface area contributed by atoms with Crippen LogP contribution in [0.3, 0.4) is 0 Å². The van der Waals surface area contributed by atoms with Crippen LogP contribution in [0.1, 0.15) is 33.9 Å². The minimum absolute atomic E-state index is 0.0220. The summed E-state index contributed by atoms with van der Waals surface area (Å²) in [6.07, 6.45) is -1.28. The van der Waals surface area contributed by atoms with Crippen LogP contribution in [0.15, 0.2) is 21.9 Å². The van der Waals surface area contributed by atoms with E-state index in [0.29, 0.717) is 0 Å². The molecule has 2 fully saturated rings. The van der Waals surface area contributed by atoms with E-state index < -0.39 is 48.3 Å². The predicted molar refractivity (Wildman–Crippen MR) is 106 cm³/mol. The Morgan fingerprint density at radius 2 is 2.17 bits per heavy atom. The van der Waals surface area contributed by atoms with Crippen molar-refractivity contribution in [3.63, 3.8) is 0 Å². The van der Waals surface area contributed by atoms with Gasteiger partial charge in [0.2, 0.25) is 0 Å². The number of alkyl halides is 1. The molecule has 0 unspecified atom stereocenters. The Kier molecular flexibility index (Phi) is 6.62. The van der Waals surface area contributed by atoms with Crippen molar-refractivity contribution in [1.29, 1.82) is 0 Å². The highest BCUT2D eigenvalue weighted by Crippen LogP contribution is 2.57. The van der Waals surface area contributed by atoms with Gasteiger partial charge in [0.15, 0.2) is 6.23 Å². The van der Waals surface area contributed by atoms with E-state index in [1.807, 2.05) is 0 Å². The number of hydrogen-bond acceptors (Lipinski definition) is 8. The van der Waals surface area contributed by atoms with Crippen LogP contribution in [0, 0.1) is 5.92 Å². The Hall–Kier alpha value is -1.49. The van der Waals surface area contributed by atoms with Crippen LogP contribution in [0.5, 0.6) is 0 Å². The van der Waals surface area contributed by atoms with E-state index in [0.717, 1.165) is 4.57 Å². The summed E-state index contributed by atoms with van der Waals surface area (Å²) < 4.78 is 36.3. The second-order valence-electron chi connectivity index (χ2n) is 7.83. The van der Waals surface area contributed by atoms with Gasteiger partial charge in [-0.05, 0) is 13.8 Å². The summed E-state index contributed by atoms with van der Waals surface area (Å²) in [4.78, 5) is 35.9. The van der Waals surface area contributed by atoms with Crippen molar-refractivity contribution >= 4 is 25.3 Å². The highest BCUT2D eigenvalue weighted by molar-refractivity contribution is 7.51. The summed E-state index contributed by atoms with van der Waals surface area (Å²) >= 11 is 6.68. The molecule has 1 aromatic heterocycles. The average Bonchev–Trinajstić information content (AvgIpc) is 2.89. The van der Waals surface area contributed by atoms with Crippen LogP contribution >= 0.6 is 19.3 Å². The van der Waals surface area contributed by atoms with Crippen LogP contribution in [0.25, 0.3) is 0 Å². The number of nitrogens with zero attached hydrogens (tertiary/aromatic N) is 1. The van der Waals surface area contributed by atoms with Gasteiger partial charge in [0, 0.05) is 18.3 Å². The Bertz CT molecular complexity index is 961. The van der Waals surface area contributed by atoms with Crippen molar-refractivity contribution in [1.82, 2.24) is 14.6 Å². The van der Waals surface area contributed by atoms with Gasteiger partial charge in [0.1, 0.15) is 23.7 Å². The van der Waals surface area contributed by atoms with Gasteiger partial charge in [-0.25, -0.2) is 14.4 Å². The molecular weight excluding hydrogens is 441 g/mol. The molecule has 6 atom stereocenters. The molecule has 0 bridgehead atoms. The first-order valence-corrected chi connectivity index (χ1v) is 11.4. The molecule has 11 nitrogen and oxygen atoms in total. The first-order chi connectivity index (χ1) is 13.9. The summed E-state index contributed by atoms with van der Waals surface area (Å²) in [6.45, 7) is 6.56. The standard InChI is InChI=1S/C17H25ClN3O8P/c1-9(2)14(23)26-7-10(3)20-30(25)27-8-11-13(29-30)17(4,18)15(28-11)21-6-5-12(22)19-16(21)24/h5-6,9-11,13,15H,7-8H2,1-4H3,(H,20,25)(H,19,22,24)/t10-,11+,13+,15+,17+,30+/m0/s1. The minimum Gasteiger partial charge on any atom is -0.464 e. The zero-order valence-electron chi connectivity index (χ0n) is 17.0. The lowest BCUT2D eigenvalue weighted by molar-refractivity contribution is -0.147. The van der Waals surface area contributed by atoms with Crippen molar-refractivity contribution in [2.45, 2.75) is 57.0 Å². The fourth-order valence-corrected chi connectivity index (χ4v) is 5.43. The van der Waals surface area contributed by atoms with E-state index in [4.69, 9.17) is 30.1 Å². The van der Waals surface area contributed by atoms with Crippen LogP contribution in [0.4, 0.5) is 0 Å². The third-order valence-corrected chi connectivity index (χ3v) is 6.92. The third kappa shape index (κ3) is 4.71. The molecule has 0 saturated carbocycles. The van der Waals surface area contributed by atoms with Crippen LogP contribution in [-0.4, -0.2) is 51.9 Å². The molecule has 0 radical (unpaired) electrons. The third-order valence-electron chi connectivity index (χ3n) is 4.77. The van der Waals surface area contributed by atoms with Crippen molar-refractivity contribution in [3.05, 3.63) is 33.1 Å². The highest BCUT2D eigenvalue weighted by atomic mass is 35.5. The predicted octanol–water partition coefficient (Wildman–Crippen LogP) is 1.13. The minimum atomic E-state index is -3.79. The Balaban J connectivity index is 1.71. The van der Waals surface area contributed by atoms with Gasteiger partial charge in [-0.3, -0.25) is 28.2 Å². The van der Waals surface area contributed by atoms with Gasteiger partial charge in [0.25, 0.3) is 5.56 Å². The summed E-state index contributed by atoms with van der Waals surface area (Å²) in [7, 11) is -3.79. The van der Waals surface area contributed by atoms with Crippen molar-refractivity contribution in [2.75, 3.05) is 13.2 Å². The van der Waals surface area contributed by atoms with E-state index >= 15 is 0 Å². The molecular formula is C17H25ClN3O8P. The molecule has 2 N–H and O–H groups in total. The molecule has 0 amide bonds. The number of carbonyl (C=O) groups excluding carboxylic acids is 1. The number of halogens is 1. The summed E-state index contributed by atoms with van der Waals surface area (Å²) in [5.74, 6) is -0.656. The summed E-state index contributed by atoms with van der Waals surface area (Å²) in [5, 5.41) is 2.72. The maximum absolute atomic E-state index is 13.1. The maximum atomic E-state index is 13.1. The van der Waals surface area contributed by atoms with Gasteiger partial charge >= 0.3 is 19.4 Å². The molecule has 1 aromatic rings. The molecule has 2 saturated heterocycles. The lowest BCUT2D eigenvalue weighted by atomic mass is 10.0.